The van der Waals surface area contributed by atoms with Gasteiger partial charge in [-0.2, -0.15) is 4.98 Å². The second-order valence-corrected chi connectivity index (χ2v) is 12.5. The summed E-state index contributed by atoms with van der Waals surface area (Å²) in [7, 11) is -2.07. The molecule has 8 atom stereocenters. The van der Waals surface area contributed by atoms with E-state index >= 15 is 0 Å². The van der Waals surface area contributed by atoms with Crippen LogP contribution in [0.25, 0.3) is 22.2 Å². The quantitative estimate of drug-likeness (QED) is 0.257. The van der Waals surface area contributed by atoms with Gasteiger partial charge in [-0.25, -0.2) is 15.0 Å². The van der Waals surface area contributed by atoms with E-state index < -0.39 is 26.1 Å². The van der Waals surface area contributed by atoms with Crippen molar-refractivity contribution in [2.75, 3.05) is 24.2 Å². The molecule has 0 aliphatic carbocycles. The number of hydrogen-bond donors (Lipinski definition) is 4. The second-order valence-electron chi connectivity index (χ2n) is 9.74. The van der Waals surface area contributed by atoms with E-state index in [1.165, 1.54) is 17.2 Å². The highest BCUT2D eigenvalue weighted by atomic mass is 31.1. The monoisotopic (exact) mass is 576 g/mol. The molecule has 0 spiro atoms. The van der Waals surface area contributed by atoms with Crippen molar-refractivity contribution in [3.05, 3.63) is 35.3 Å². The smallest absolute Gasteiger partial charge is 0.383 e. The highest BCUT2D eigenvalue weighted by Gasteiger charge is 2.42. The lowest BCUT2D eigenvalue weighted by Crippen LogP contribution is -2.28. The molecule has 4 aromatic rings. The Morgan fingerprint density at radius 3 is 2.95 bits per heavy atom. The molecule has 15 nitrogen and oxygen atoms in total. The molecular weight excluding hydrogens is 548 g/mol. The standard InChI is InChI=1S/C22H27N9O6P2/c1-10-4-13(21(33)31-9-27-16-19(31)28-22(24)29-20(16)32)37-39(34)35-6-14-11(7-38-10)5-15(36-14)30-3-2-12-17(23)25-8-26-18(12)30/h2-3,8-11,13-15,21,33,38H,4-7H2,1H3,(H4-,23,24,25,26,28,29,32)/p+1/t10?,11-,13-,14?,15-,21-/m1/s1. The van der Waals surface area contributed by atoms with E-state index in [0.717, 1.165) is 18.0 Å². The maximum atomic E-state index is 12.9. The Labute approximate surface area is 224 Å². The summed E-state index contributed by atoms with van der Waals surface area (Å²) in [5.74, 6) is 0.461. The van der Waals surface area contributed by atoms with Crippen LogP contribution in [0, 0.1) is 5.92 Å². The molecule has 2 aliphatic heterocycles. The predicted molar refractivity (Wildman–Crippen MR) is 143 cm³/mol. The first-order valence-electron chi connectivity index (χ1n) is 12.4. The van der Waals surface area contributed by atoms with E-state index in [-0.39, 0.29) is 47.6 Å². The fourth-order valence-electron chi connectivity index (χ4n) is 5.17. The van der Waals surface area contributed by atoms with Crippen LogP contribution in [0.2, 0.25) is 0 Å². The Kier molecular flexibility index (Phi) is 7.04. The van der Waals surface area contributed by atoms with Gasteiger partial charge in [0.25, 0.3) is 5.56 Å². The van der Waals surface area contributed by atoms with E-state index in [0.29, 0.717) is 26.5 Å². The van der Waals surface area contributed by atoms with Crippen LogP contribution in [0.5, 0.6) is 0 Å². The molecule has 6 N–H and O–H groups in total. The van der Waals surface area contributed by atoms with Crippen LogP contribution in [0.15, 0.2) is 29.7 Å². The van der Waals surface area contributed by atoms with Crippen molar-refractivity contribution in [2.45, 2.75) is 50.1 Å². The van der Waals surface area contributed by atoms with Gasteiger partial charge in [-0.1, -0.05) is 6.92 Å². The summed E-state index contributed by atoms with van der Waals surface area (Å²) in [6.07, 6.45) is 3.79. The molecule has 4 unspecified atom stereocenters. The number of fused-ring (bicyclic) bond motifs is 3. The van der Waals surface area contributed by atoms with Gasteiger partial charge in [0.1, 0.15) is 30.6 Å². The van der Waals surface area contributed by atoms with Crippen LogP contribution in [-0.4, -0.2) is 69.8 Å². The number of nitrogens with zero attached hydrogens (tertiary/aromatic N) is 6. The van der Waals surface area contributed by atoms with Gasteiger partial charge in [-0.3, -0.25) is 14.3 Å². The van der Waals surface area contributed by atoms with Gasteiger partial charge in [0, 0.05) is 10.8 Å². The topological polar surface area (TPSA) is 211 Å². The first kappa shape index (κ1) is 26.2. The van der Waals surface area contributed by atoms with Crippen LogP contribution in [-0.2, 0) is 18.3 Å². The Morgan fingerprint density at radius 2 is 2.10 bits per heavy atom. The van der Waals surface area contributed by atoms with E-state index in [1.54, 1.807) is 0 Å². The molecule has 0 bridgehead atoms. The van der Waals surface area contributed by atoms with Gasteiger partial charge in [-0.15, -0.1) is 17.6 Å². The molecule has 0 aromatic carbocycles. The van der Waals surface area contributed by atoms with Crippen molar-refractivity contribution in [2.24, 2.45) is 5.92 Å². The first-order chi connectivity index (χ1) is 18.8. The number of ether oxygens (including phenoxy) is 1. The molecular formula is C22H28N9O6P2+. The number of nitrogen functional groups attached to an aromatic ring is 2. The fraction of sp³-hybridized carbons (Fsp3) is 0.500. The number of aromatic nitrogens is 7. The molecule has 39 heavy (non-hydrogen) atoms. The molecule has 17 heteroatoms. The SMILES string of the molecule is CC1C[C@H]([C@@H](O)n2cnc3c(=O)[nH]c(N)nc32)O[P+](=O)OCC2O[C@@H](n3ccc4c(N)ncnc43)C[C@@H]2CP1. The average molecular weight is 576 g/mol. The molecule has 0 saturated carbocycles. The van der Waals surface area contributed by atoms with Crippen molar-refractivity contribution in [3.8, 4) is 0 Å². The lowest BCUT2D eigenvalue weighted by Gasteiger charge is -2.22. The minimum Gasteiger partial charge on any atom is -0.383 e. The third kappa shape index (κ3) is 5.02. The van der Waals surface area contributed by atoms with Crippen LogP contribution in [0.4, 0.5) is 11.8 Å². The van der Waals surface area contributed by atoms with Crippen LogP contribution in [0.3, 0.4) is 0 Å². The second kappa shape index (κ2) is 10.5. The molecule has 0 amide bonds. The van der Waals surface area contributed by atoms with Gasteiger partial charge < -0.3 is 25.9 Å². The van der Waals surface area contributed by atoms with Crippen LogP contribution in [0.1, 0.15) is 32.2 Å². The summed E-state index contributed by atoms with van der Waals surface area (Å²) in [6.45, 7) is 2.12. The number of aliphatic hydroxyl groups excluding tert-OH is 1. The molecule has 2 fully saturated rings. The Balaban J connectivity index is 1.19. The van der Waals surface area contributed by atoms with Crippen LogP contribution >= 0.6 is 16.8 Å². The molecule has 4 aromatic heterocycles. The molecule has 2 aliphatic rings. The van der Waals surface area contributed by atoms with Gasteiger partial charge in [0.15, 0.2) is 23.5 Å². The highest BCUT2D eigenvalue weighted by Crippen LogP contribution is 2.43. The number of aromatic amines is 1. The Morgan fingerprint density at radius 1 is 1.26 bits per heavy atom. The minimum absolute atomic E-state index is 0.0274. The Hall–Kier alpha value is -3.06. The number of nitrogens with two attached hydrogens (primary N) is 2. The first-order valence-corrected chi connectivity index (χ1v) is 14.8. The maximum Gasteiger partial charge on any atom is 0.697 e. The zero-order chi connectivity index (χ0) is 27.3. The van der Waals surface area contributed by atoms with Gasteiger partial charge in [-0.05, 0) is 36.6 Å². The summed E-state index contributed by atoms with van der Waals surface area (Å²) >= 11 is 0. The summed E-state index contributed by atoms with van der Waals surface area (Å²) in [5.41, 5.74) is 12.1. The zero-order valence-corrected chi connectivity index (χ0v) is 22.8. The van der Waals surface area contributed by atoms with E-state index in [1.807, 2.05) is 16.8 Å². The molecule has 6 rings (SSSR count). The van der Waals surface area contributed by atoms with Crippen molar-refractivity contribution in [1.82, 2.24) is 34.1 Å². The summed E-state index contributed by atoms with van der Waals surface area (Å²) in [5, 5.41) is 11.9. The lowest BCUT2D eigenvalue weighted by atomic mass is 10.0. The Bertz CT molecular complexity index is 1590. The average Bonchev–Trinajstić information content (AvgIpc) is 3.62. The van der Waals surface area contributed by atoms with Gasteiger partial charge in [0.05, 0.1) is 17.8 Å². The van der Waals surface area contributed by atoms with Crippen LogP contribution < -0.4 is 17.0 Å². The molecule has 206 valence electrons. The van der Waals surface area contributed by atoms with Gasteiger partial charge >= 0.3 is 8.25 Å². The number of H-pyrrole nitrogens is 1. The number of hydrogen-bond acceptors (Lipinski definition) is 12. The number of anilines is 2. The van der Waals surface area contributed by atoms with E-state index in [9.17, 15) is 14.5 Å². The number of imidazole rings is 1. The van der Waals surface area contributed by atoms with Crippen molar-refractivity contribution < 1.29 is 23.5 Å². The predicted octanol–water partition coefficient (Wildman–Crippen LogP) is 1.65. The number of rotatable bonds is 3. The summed E-state index contributed by atoms with van der Waals surface area (Å²) in [4.78, 5) is 31.1. The van der Waals surface area contributed by atoms with Crippen molar-refractivity contribution in [3.63, 3.8) is 0 Å². The van der Waals surface area contributed by atoms with Gasteiger partial charge in [0.2, 0.25) is 5.95 Å². The molecule has 6 heterocycles. The highest BCUT2D eigenvalue weighted by molar-refractivity contribution is 7.38. The number of nitrogens with one attached hydrogen (secondary N) is 1. The maximum absolute atomic E-state index is 12.9. The minimum atomic E-state index is -2.59. The van der Waals surface area contributed by atoms with Crippen molar-refractivity contribution >= 4 is 50.8 Å². The number of aliphatic hydroxyl groups is 1. The van der Waals surface area contributed by atoms with E-state index in [2.05, 4.69) is 31.8 Å². The fourth-order valence-corrected chi connectivity index (χ4v) is 7.45. The lowest BCUT2D eigenvalue weighted by molar-refractivity contribution is -0.0357. The summed E-state index contributed by atoms with van der Waals surface area (Å²) in [6, 6.07) is 1.87. The third-order valence-electron chi connectivity index (χ3n) is 7.16. The summed E-state index contributed by atoms with van der Waals surface area (Å²) < 4.78 is 33.8. The normalized spacial score (nSPS) is 29.0. The molecule has 2 saturated heterocycles. The largest absolute Gasteiger partial charge is 0.697 e. The van der Waals surface area contributed by atoms with E-state index in [4.69, 9.17) is 25.3 Å². The third-order valence-corrected chi connectivity index (χ3v) is 9.66. The van der Waals surface area contributed by atoms with Crippen molar-refractivity contribution in [1.29, 1.82) is 0 Å². The molecule has 0 radical (unpaired) electrons. The zero-order valence-electron chi connectivity index (χ0n) is 20.9.